The molecule has 3 heterocycles. The molecule has 32 heavy (non-hydrogen) atoms. The number of halogens is 1. The largest absolute Gasteiger partial charge is 0.444 e. The lowest BCUT2D eigenvalue weighted by Crippen LogP contribution is -2.61. The summed E-state index contributed by atoms with van der Waals surface area (Å²) in [6.45, 7) is 0. The number of fused-ring (bicyclic) bond motifs is 4. The Morgan fingerprint density at radius 2 is 1.81 bits per heavy atom. The number of nitrogens with one attached hydrogen (secondary N) is 1. The first-order valence-corrected chi connectivity index (χ1v) is 11.1. The van der Waals surface area contributed by atoms with Gasteiger partial charge in [0, 0.05) is 12.0 Å². The van der Waals surface area contributed by atoms with Crippen molar-refractivity contribution in [3.8, 4) is 5.75 Å². The molecule has 0 aliphatic carbocycles. The van der Waals surface area contributed by atoms with Gasteiger partial charge in [0.05, 0.1) is 16.7 Å². The number of thioether (sulfide) groups is 1. The number of hydrazone groups is 1. The predicted molar refractivity (Wildman–Crippen MR) is 122 cm³/mol. The van der Waals surface area contributed by atoms with E-state index in [0.29, 0.717) is 17.1 Å². The van der Waals surface area contributed by atoms with Crippen molar-refractivity contribution >= 4 is 28.8 Å². The van der Waals surface area contributed by atoms with E-state index >= 15 is 0 Å². The van der Waals surface area contributed by atoms with Crippen molar-refractivity contribution in [2.24, 2.45) is 5.10 Å². The molecule has 7 heteroatoms. The summed E-state index contributed by atoms with van der Waals surface area (Å²) in [5.41, 5.74) is 3.77. The summed E-state index contributed by atoms with van der Waals surface area (Å²) in [6.07, 6.45) is 2.54. The van der Waals surface area contributed by atoms with Gasteiger partial charge in [-0.05, 0) is 47.2 Å². The number of rotatable bonds is 2. The molecule has 1 N–H and O–H groups in total. The van der Waals surface area contributed by atoms with E-state index in [-0.39, 0.29) is 17.1 Å². The molecular formula is C25H18FN3O2S. The standard InChI is InChI=1S/C25H18FN3O2S/c26-18-12-10-16(11-13-18)14-23-25(27-24(30)32-23)29-21(19-8-4-5-9-22(19)31-25)15-20(28-29)17-6-2-1-3-7-17/h1-14,21H,15H2,(H,27,30)/b23-14-/t21-,25+/m0/s1. The van der Waals surface area contributed by atoms with Gasteiger partial charge >= 0.3 is 5.85 Å². The Balaban J connectivity index is 1.51. The molecule has 3 aromatic rings. The number of hydrogen-bond donors (Lipinski definition) is 1. The minimum absolute atomic E-state index is 0.0919. The molecule has 5 nitrogen and oxygen atoms in total. The Morgan fingerprint density at radius 1 is 1.06 bits per heavy atom. The Hall–Kier alpha value is -3.58. The number of benzene rings is 3. The fourth-order valence-corrected chi connectivity index (χ4v) is 5.29. The van der Waals surface area contributed by atoms with E-state index in [1.54, 1.807) is 12.1 Å². The molecule has 158 valence electrons. The van der Waals surface area contributed by atoms with Crippen LogP contribution in [0.4, 0.5) is 9.18 Å². The summed E-state index contributed by atoms with van der Waals surface area (Å²) >= 11 is 1.07. The maximum Gasteiger partial charge on any atom is 0.314 e. The van der Waals surface area contributed by atoms with Crippen LogP contribution in [-0.2, 0) is 0 Å². The monoisotopic (exact) mass is 443 g/mol. The quantitative estimate of drug-likeness (QED) is 0.567. The molecule has 0 unspecified atom stereocenters. The number of para-hydroxylation sites is 1. The van der Waals surface area contributed by atoms with Crippen LogP contribution in [-0.4, -0.2) is 21.8 Å². The molecule has 0 radical (unpaired) electrons. The van der Waals surface area contributed by atoms with Gasteiger partial charge in [-0.15, -0.1) is 0 Å². The molecule has 0 bridgehead atoms. The van der Waals surface area contributed by atoms with Crippen LogP contribution in [0.1, 0.15) is 29.2 Å². The molecule has 2 atom stereocenters. The zero-order valence-corrected chi connectivity index (χ0v) is 17.7. The first kappa shape index (κ1) is 19.1. The van der Waals surface area contributed by atoms with Crippen LogP contribution in [0.15, 0.2) is 88.9 Å². The average Bonchev–Trinajstić information content (AvgIpc) is 3.39. The van der Waals surface area contributed by atoms with Gasteiger partial charge in [0.1, 0.15) is 11.6 Å². The van der Waals surface area contributed by atoms with Crippen LogP contribution in [0.5, 0.6) is 5.75 Å². The second-order valence-electron chi connectivity index (χ2n) is 7.84. The predicted octanol–water partition coefficient (Wildman–Crippen LogP) is 5.52. The second-order valence-corrected chi connectivity index (χ2v) is 8.85. The molecule has 1 fully saturated rings. The van der Waals surface area contributed by atoms with Gasteiger partial charge in [0.2, 0.25) is 0 Å². The van der Waals surface area contributed by atoms with Crippen molar-refractivity contribution in [1.29, 1.82) is 0 Å². The SMILES string of the molecule is O=C1N[C@]2(Oc3ccccc3[C@@H]3CC(c4ccccc4)=NN32)/C(=C/c2ccc(F)cc2)S1. The van der Waals surface area contributed by atoms with E-state index in [0.717, 1.165) is 34.2 Å². The molecule has 3 aromatic carbocycles. The lowest BCUT2D eigenvalue weighted by molar-refractivity contribution is -0.0949. The highest BCUT2D eigenvalue weighted by atomic mass is 32.2. The van der Waals surface area contributed by atoms with E-state index in [1.807, 2.05) is 65.7 Å². The first-order valence-electron chi connectivity index (χ1n) is 10.3. The average molecular weight is 444 g/mol. The highest BCUT2D eigenvalue weighted by Gasteiger charge is 2.58. The Morgan fingerprint density at radius 3 is 2.62 bits per heavy atom. The third-order valence-corrected chi connectivity index (χ3v) is 6.75. The summed E-state index contributed by atoms with van der Waals surface area (Å²) in [5.74, 6) is -0.855. The summed E-state index contributed by atoms with van der Waals surface area (Å²) < 4.78 is 19.9. The molecule has 0 saturated carbocycles. The number of nitrogens with zero attached hydrogens (tertiary/aromatic N) is 2. The van der Waals surface area contributed by atoms with Gasteiger partial charge in [0.25, 0.3) is 5.24 Å². The minimum atomic E-state index is -1.26. The van der Waals surface area contributed by atoms with Gasteiger partial charge < -0.3 is 4.74 Å². The maximum absolute atomic E-state index is 13.4. The highest BCUT2D eigenvalue weighted by Crippen LogP contribution is 2.52. The normalized spacial score (nSPS) is 24.7. The summed E-state index contributed by atoms with van der Waals surface area (Å²) in [6, 6.07) is 23.9. The van der Waals surface area contributed by atoms with Crippen molar-refractivity contribution in [3.05, 3.63) is 106 Å². The molecular weight excluding hydrogens is 425 g/mol. The fourth-order valence-electron chi connectivity index (χ4n) is 4.38. The van der Waals surface area contributed by atoms with Crippen LogP contribution in [0.2, 0.25) is 0 Å². The number of amides is 1. The smallest absolute Gasteiger partial charge is 0.314 e. The van der Waals surface area contributed by atoms with E-state index in [2.05, 4.69) is 5.32 Å². The van der Waals surface area contributed by atoms with Crippen LogP contribution in [0.3, 0.4) is 0 Å². The first-order chi connectivity index (χ1) is 15.6. The Kier molecular flexibility index (Phi) is 4.33. The molecule has 3 aliphatic heterocycles. The van der Waals surface area contributed by atoms with Crippen LogP contribution in [0, 0.1) is 5.82 Å². The lowest BCUT2D eigenvalue weighted by atomic mass is 9.95. The maximum atomic E-state index is 13.4. The van der Waals surface area contributed by atoms with E-state index < -0.39 is 5.85 Å². The minimum Gasteiger partial charge on any atom is -0.444 e. The van der Waals surface area contributed by atoms with Crippen molar-refractivity contribution in [2.45, 2.75) is 18.3 Å². The van der Waals surface area contributed by atoms with Crippen molar-refractivity contribution in [3.63, 3.8) is 0 Å². The van der Waals surface area contributed by atoms with Crippen molar-refractivity contribution < 1.29 is 13.9 Å². The van der Waals surface area contributed by atoms with E-state index in [9.17, 15) is 9.18 Å². The molecule has 0 aromatic heterocycles. The van der Waals surface area contributed by atoms with Crippen molar-refractivity contribution in [1.82, 2.24) is 10.3 Å². The second kappa shape index (κ2) is 7.24. The molecule has 6 rings (SSSR count). The summed E-state index contributed by atoms with van der Waals surface area (Å²) in [5, 5.41) is 9.61. The number of carbonyl (C=O) groups is 1. The van der Waals surface area contributed by atoms with Crippen molar-refractivity contribution in [2.75, 3.05) is 0 Å². The number of carbonyl (C=O) groups excluding carboxylic acids is 1. The molecule has 1 saturated heterocycles. The summed E-state index contributed by atoms with van der Waals surface area (Å²) in [4.78, 5) is 13.3. The Bertz CT molecular complexity index is 1280. The molecule has 1 amide bonds. The molecule has 1 spiro atoms. The number of hydrogen-bond acceptors (Lipinski definition) is 5. The van der Waals surface area contributed by atoms with Gasteiger partial charge in [-0.25, -0.2) is 9.40 Å². The third kappa shape index (κ3) is 3.00. The fraction of sp³-hybridized carbons (Fsp3) is 0.120. The van der Waals surface area contributed by atoms with Gasteiger partial charge in [0.15, 0.2) is 0 Å². The van der Waals surface area contributed by atoms with Gasteiger partial charge in [-0.2, -0.15) is 5.10 Å². The van der Waals surface area contributed by atoms with Gasteiger partial charge in [-0.1, -0.05) is 60.7 Å². The lowest BCUT2D eigenvalue weighted by Gasteiger charge is -2.45. The third-order valence-electron chi connectivity index (χ3n) is 5.85. The van der Waals surface area contributed by atoms with E-state index in [1.165, 1.54) is 12.1 Å². The van der Waals surface area contributed by atoms with Crippen LogP contribution in [0.25, 0.3) is 6.08 Å². The topological polar surface area (TPSA) is 53.9 Å². The van der Waals surface area contributed by atoms with Crippen LogP contribution >= 0.6 is 11.8 Å². The zero-order valence-electron chi connectivity index (χ0n) is 16.9. The van der Waals surface area contributed by atoms with Crippen LogP contribution < -0.4 is 10.1 Å². The molecule has 3 aliphatic rings. The van der Waals surface area contributed by atoms with E-state index in [4.69, 9.17) is 9.84 Å². The highest BCUT2D eigenvalue weighted by molar-refractivity contribution is 8.17. The van der Waals surface area contributed by atoms with Gasteiger partial charge in [-0.3, -0.25) is 10.1 Å². The number of ether oxygens (including phenoxy) is 1. The Labute approximate surface area is 188 Å². The zero-order chi connectivity index (χ0) is 21.7. The summed E-state index contributed by atoms with van der Waals surface area (Å²) in [7, 11) is 0.